The first-order chi connectivity index (χ1) is 8.26. The first kappa shape index (κ1) is 15.2. The van der Waals surface area contributed by atoms with Gasteiger partial charge in [0.25, 0.3) is 0 Å². The molecule has 0 spiro atoms. The smallest absolute Gasteiger partial charge is 0.401 e. The summed E-state index contributed by atoms with van der Waals surface area (Å²) < 4.78 is 36.4. The van der Waals surface area contributed by atoms with E-state index in [-0.39, 0.29) is 26.1 Å². The number of rotatable bonds is 5. The number of piperazine rings is 1. The van der Waals surface area contributed by atoms with Crippen molar-refractivity contribution in [3.05, 3.63) is 0 Å². The van der Waals surface area contributed by atoms with Crippen molar-refractivity contribution in [2.24, 2.45) is 0 Å². The number of carboxylic acids is 1. The van der Waals surface area contributed by atoms with Crippen LogP contribution in [0.5, 0.6) is 0 Å². The average Bonchev–Trinajstić information content (AvgIpc) is 2.17. The van der Waals surface area contributed by atoms with E-state index in [1.54, 1.807) is 4.90 Å². The number of aliphatic hydroxyl groups excluding tert-OH is 1. The summed E-state index contributed by atoms with van der Waals surface area (Å²) in [6, 6.07) is 0. The minimum absolute atomic E-state index is 0.187. The van der Waals surface area contributed by atoms with E-state index in [1.807, 2.05) is 0 Å². The topological polar surface area (TPSA) is 64.0 Å². The highest BCUT2D eigenvalue weighted by molar-refractivity contribution is 5.67. The quantitative estimate of drug-likeness (QED) is 0.736. The fraction of sp³-hybridized carbons (Fsp3) is 0.900. The molecule has 1 rings (SSSR count). The lowest BCUT2D eigenvalue weighted by Crippen LogP contribution is -2.50. The molecule has 106 valence electrons. The Morgan fingerprint density at radius 1 is 1.17 bits per heavy atom. The van der Waals surface area contributed by atoms with Gasteiger partial charge in [0.1, 0.15) is 0 Å². The van der Waals surface area contributed by atoms with E-state index in [9.17, 15) is 23.1 Å². The van der Waals surface area contributed by atoms with Gasteiger partial charge in [0.2, 0.25) is 0 Å². The van der Waals surface area contributed by atoms with E-state index >= 15 is 0 Å². The van der Waals surface area contributed by atoms with Crippen LogP contribution in [0.25, 0.3) is 0 Å². The van der Waals surface area contributed by atoms with Crippen molar-refractivity contribution >= 4 is 5.97 Å². The maximum atomic E-state index is 12.1. The molecular formula is C10H17F3N2O3. The molecule has 0 bridgehead atoms. The minimum atomic E-state index is -4.19. The normalized spacial score (nSPS) is 20.9. The van der Waals surface area contributed by atoms with Gasteiger partial charge < -0.3 is 10.2 Å². The molecular weight excluding hydrogens is 253 g/mol. The fourth-order valence-corrected chi connectivity index (χ4v) is 1.95. The maximum Gasteiger partial charge on any atom is 0.401 e. The molecule has 1 aliphatic heterocycles. The van der Waals surface area contributed by atoms with Gasteiger partial charge in [0.15, 0.2) is 0 Å². The number of halogens is 3. The van der Waals surface area contributed by atoms with Crippen LogP contribution >= 0.6 is 0 Å². The van der Waals surface area contributed by atoms with Crippen LogP contribution in [0, 0.1) is 0 Å². The molecule has 1 fully saturated rings. The number of nitrogens with zero attached hydrogens (tertiary/aromatic N) is 2. The van der Waals surface area contributed by atoms with Gasteiger partial charge in [0.05, 0.1) is 19.1 Å². The Kier molecular flexibility index (Phi) is 5.36. The Balaban J connectivity index is 2.25. The van der Waals surface area contributed by atoms with Gasteiger partial charge in [0, 0.05) is 32.7 Å². The predicted octanol–water partition coefficient (Wildman–Crippen LogP) is 0.00190. The first-order valence-electron chi connectivity index (χ1n) is 5.67. The number of alkyl halides is 3. The Bertz CT molecular complexity index is 278. The van der Waals surface area contributed by atoms with Crippen LogP contribution < -0.4 is 0 Å². The van der Waals surface area contributed by atoms with Crippen LogP contribution in [-0.2, 0) is 4.79 Å². The highest BCUT2D eigenvalue weighted by Gasteiger charge is 2.32. The first-order valence-corrected chi connectivity index (χ1v) is 5.67. The lowest BCUT2D eigenvalue weighted by Gasteiger charge is -2.35. The second-order valence-electron chi connectivity index (χ2n) is 4.44. The maximum absolute atomic E-state index is 12.1. The van der Waals surface area contributed by atoms with E-state index in [1.165, 1.54) is 4.90 Å². The summed E-state index contributed by atoms with van der Waals surface area (Å²) in [5.74, 6) is -1.08. The number of carbonyl (C=O) groups is 1. The molecule has 0 aromatic heterocycles. The summed E-state index contributed by atoms with van der Waals surface area (Å²) >= 11 is 0. The van der Waals surface area contributed by atoms with Gasteiger partial charge in [-0.05, 0) is 0 Å². The molecule has 5 nitrogen and oxygen atoms in total. The van der Waals surface area contributed by atoms with E-state index in [2.05, 4.69) is 0 Å². The zero-order chi connectivity index (χ0) is 13.8. The van der Waals surface area contributed by atoms with Crippen LogP contribution in [0.15, 0.2) is 0 Å². The number of carboxylic acid groups (broad SMARTS) is 1. The van der Waals surface area contributed by atoms with E-state index in [4.69, 9.17) is 5.11 Å². The van der Waals surface area contributed by atoms with Gasteiger partial charge >= 0.3 is 12.1 Å². The minimum Gasteiger partial charge on any atom is -0.481 e. The molecule has 0 saturated carbocycles. The van der Waals surface area contributed by atoms with E-state index in [0.717, 1.165) is 0 Å². The summed E-state index contributed by atoms with van der Waals surface area (Å²) in [6.07, 6.45) is -5.51. The van der Waals surface area contributed by atoms with Gasteiger partial charge in [-0.15, -0.1) is 0 Å². The van der Waals surface area contributed by atoms with Crippen LogP contribution in [0.4, 0.5) is 13.2 Å². The zero-order valence-corrected chi connectivity index (χ0v) is 9.86. The number of aliphatic hydroxyl groups is 1. The summed E-state index contributed by atoms with van der Waals surface area (Å²) in [6.45, 7) is 0.642. The molecule has 1 unspecified atom stereocenters. The summed E-state index contributed by atoms with van der Waals surface area (Å²) in [7, 11) is 0. The standard InChI is InChI=1S/C10H17F3N2O3/c11-10(12,13)7-15-3-1-14(2-4-15)6-8(16)5-9(17)18/h8,16H,1-7H2,(H,17,18). The van der Waals surface area contributed by atoms with E-state index in [0.29, 0.717) is 13.1 Å². The largest absolute Gasteiger partial charge is 0.481 e. The van der Waals surface area contributed by atoms with Crippen molar-refractivity contribution in [3.8, 4) is 0 Å². The van der Waals surface area contributed by atoms with Crippen LogP contribution in [-0.4, -0.2) is 77.5 Å². The van der Waals surface area contributed by atoms with Crippen molar-refractivity contribution in [2.75, 3.05) is 39.3 Å². The number of aliphatic carboxylic acids is 1. The van der Waals surface area contributed by atoms with Crippen LogP contribution in [0.2, 0.25) is 0 Å². The average molecular weight is 270 g/mol. The summed E-state index contributed by atoms with van der Waals surface area (Å²) in [4.78, 5) is 13.4. The van der Waals surface area contributed by atoms with Gasteiger partial charge in [-0.3, -0.25) is 14.6 Å². The molecule has 8 heteroatoms. The Hall–Kier alpha value is -0.860. The highest BCUT2D eigenvalue weighted by Crippen LogP contribution is 2.17. The molecule has 0 aromatic carbocycles. The zero-order valence-electron chi connectivity index (χ0n) is 9.86. The monoisotopic (exact) mass is 270 g/mol. The predicted molar refractivity (Wildman–Crippen MR) is 57.2 cm³/mol. The van der Waals surface area contributed by atoms with Gasteiger partial charge in [-0.1, -0.05) is 0 Å². The van der Waals surface area contributed by atoms with E-state index < -0.39 is 24.8 Å². The molecule has 2 N–H and O–H groups in total. The van der Waals surface area contributed by atoms with Crippen LogP contribution in [0.3, 0.4) is 0 Å². The lowest BCUT2D eigenvalue weighted by molar-refractivity contribution is -0.150. The van der Waals surface area contributed by atoms with Crippen molar-refractivity contribution in [3.63, 3.8) is 0 Å². The molecule has 0 amide bonds. The second kappa shape index (κ2) is 6.35. The summed E-state index contributed by atoms with van der Waals surface area (Å²) in [5, 5.41) is 17.9. The number of β-amino-alcohol motifs (C(OH)–C–C–N with tert-alkyl or cyclic N) is 1. The van der Waals surface area contributed by atoms with Crippen LogP contribution in [0.1, 0.15) is 6.42 Å². The third-order valence-electron chi connectivity index (χ3n) is 2.75. The third-order valence-corrected chi connectivity index (χ3v) is 2.75. The van der Waals surface area contributed by atoms with Crippen molar-refractivity contribution in [2.45, 2.75) is 18.7 Å². The second-order valence-corrected chi connectivity index (χ2v) is 4.44. The van der Waals surface area contributed by atoms with Gasteiger partial charge in [-0.25, -0.2) is 0 Å². The molecule has 1 aliphatic rings. The number of hydrogen-bond acceptors (Lipinski definition) is 4. The molecule has 1 heterocycles. The Labute approximate surface area is 103 Å². The molecule has 18 heavy (non-hydrogen) atoms. The molecule has 1 saturated heterocycles. The SMILES string of the molecule is O=C(O)CC(O)CN1CCN(CC(F)(F)F)CC1. The highest BCUT2D eigenvalue weighted by atomic mass is 19.4. The molecule has 1 atom stereocenters. The molecule has 0 aliphatic carbocycles. The lowest BCUT2D eigenvalue weighted by atomic mass is 10.2. The molecule has 0 aromatic rings. The van der Waals surface area contributed by atoms with Crippen molar-refractivity contribution < 1.29 is 28.2 Å². The van der Waals surface area contributed by atoms with Crippen molar-refractivity contribution in [1.82, 2.24) is 9.80 Å². The Morgan fingerprint density at radius 3 is 2.11 bits per heavy atom. The third kappa shape index (κ3) is 6.18. The van der Waals surface area contributed by atoms with Gasteiger partial charge in [-0.2, -0.15) is 13.2 Å². The Morgan fingerprint density at radius 2 is 1.67 bits per heavy atom. The fourth-order valence-electron chi connectivity index (χ4n) is 1.95. The molecule has 0 radical (unpaired) electrons. The summed E-state index contributed by atoms with van der Waals surface area (Å²) in [5.41, 5.74) is 0. The van der Waals surface area contributed by atoms with Crippen molar-refractivity contribution in [1.29, 1.82) is 0 Å². The number of hydrogen-bond donors (Lipinski definition) is 2.